The van der Waals surface area contributed by atoms with Gasteiger partial charge in [0.1, 0.15) is 18.8 Å². The highest BCUT2D eigenvalue weighted by Gasteiger charge is 2.32. The van der Waals surface area contributed by atoms with E-state index in [9.17, 15) is 9.59 Å². The Labute approximate surface area is 160 Å². The van der Waals surface area contributed by atoms with Crippen molar-refractivity contribution in [3.63, 3.8) is 0 Å². The lowest BCUT2D eigenvalue weighted by Gasteiger charge is -2.38. The first-order valence-electron chi connectivity index (χ1n) is 9.40. The third-order valence-corrected chi connectivity index (χ3v) is 4.71. The zero-order valence-electron chi connectivity index (χ0n) is 16.5. The highest BCUT2D eigenvalue weighted by molar-refractivity contribution is 5.98. The van der Waals surface area contributed by atoms with E-state index in [1.165, 1.54) is 0 Å². The molecule has 1 unspecified atom stereocenters. The second kappa shape index (κ2) is 7.66. The van der Waals surface area contributed by atoms with Gasteiger partial charge in [-0.2, -0.15) is 0 Å². The van der Waals surface area contributed by atoms with Crippen LogP contribution in [0.25, 0.3) is 0 Å². The SMILES string of the molecule is CN(C(=O)c1cccc2c1OCCO2)C1CCCN(C(=O)OC(C)(C)C)C1. The maximum absolute atomic E-state index is 13.1. The molecule has 0 spiro atoms. The van der Waals surface area contributed by atoms with Crippen molar-refractivity contribution in [3.05, 3.63) is 23.8 Å². The van der Waals surface area contributed by atoms with Gasteiger partial charge in [0, 0.05) is 26.2 Å². The number of carbonyl (C=O) groups is 2. The van der Waals surface area contributed by atoms with E-state index in [-0.39, 0.29) is 18.0 Å². The fourth-order valence-corrected chi connectivity index (χ4v) is 3.36. The monoisotopic (exact) mass is 376 g/mol. The first kappa shape index (κ1) is 19.3. The smallest absolute Gasteiger partial charge is 0.410 e. The Morgan fingerprint density at radius 2 is 1.96 bits per heavy atom. The second-order valence-corrected chi connectivity index (χ2v) is 7.97. The minimum absolute atomic E-state index is 0.0702. The Bertz CT molecular complexity index is 713. The fraction of sp³-hybridized carbons (Fsp3) is 0.600. The summed E-state index contributed by atoms with van der Waals surface area (Å²) in [4.78, 5) is 28.8. The van der Waals surface area contributed by atoms with Gasteiger partial charge >= 0.3 is 6.09 Å². The summed E-state index contributed by atoms with van der Waals surface area (Å²) in [5.41, 5.74) is -0.0456. The van der Waals surface area contributed by atoms with E-state index in [0.717, 1.165) is 12.8 Å². The molecule has 1 fully saturated rings. The van der Waals surface area contributed by atoms with Crippen LogP contribution in [0.3, 0.4) is 0 Å². The van der Waals surface area contributed by atoms with Crippen molar-refractivity contribution in [1.29, 1.82) is 0 Å². The van der Waals surface area contributed by atoms with Gasteiger partial charge in [-0.15, -0.1) is 0 Å². The summed E-state index contributed by atoms with van der Waals surface area (Å²) in [6.45, 7) is 7.56. The van der Waals surface area contributed by atoms with Gasteiger partial charge in [-0.3, -0.25) is 4.79 Å². The first-order valence-corrected chi connectivity index (χ1v) is 9.40. The number of fused-ring (bicyclic) bond motifs is 1. The summed E-state index contributed by atoms with van der Waals surface area (Å²) >= 11 is 0. The number of amides is 2. The van der Waals surface area contributed by atoms with Crippen molar-refractivity contribution in [1.82, 2.24) is 9.80 Å². The maximum atomic E-state index is 13.1. The number of ether oxygens (including phenoxy) is 3. The summed E-state index contributed by atoms with van der Waals surface area (Å²) in [6, 6.07) is 5.28. The molecule has 27 heavy (non-hydrogen) atoms. The van der Waals surface area contributed by atoms with Crippen LogP contribution in [0.1, 0.15) is 44.0 Å². The van der Waals surface area contributed by atoms with Crippen LogP contribution in [0.4, 0.5) is 4.79 Å². The van der Waals surface area contributed by atoms with E-state index in [2.05, 4.69) is 0 Å². The normalized spacial score (nSPS) is 19.4. The average molecular weight is 376 g/mol. The van der Waals surface area contributed by atoms with E-state index in [1.54, 1.807) is 35.0 Å². The van der Waals surface area contributed by atoms with Gasteiger partial charge in [-0.25, -0.2) is 4.79 Å². The van der Waals surface area contributed by atoms with Gasteiger partial charge in [0.25, 0.3) is 5.91 Å². The van der Waals surface area contributed by atoms with Crippen LogP contribution in [0.15, 0.2) is 18.2 Å². The average Bonchev–Trinajstić information content (AvgIpc) is 2.65. The molecule has 0 N–H and O–H groups in total. The van der Waals surface area contributed by atoms with E-state index in [4.69, 9.17) is 14.2 Å². The molecule has 2 amide bonds. The molecule has 2 aliphatic heterocycles. The van der Waals surface area contributed by atoms with Gasteiger partial charge in [-0.1, -0.05) is 6.07 Å². The minimum Gasteiger partial charge on any atom is -0.486 e. The third kappa shape index (κ3) is 4.46. The Balaban J connectivity index is 1.71. The molecule has 3 rings (SSSR count). The number of carbonyl (C=O) groups excluding carboxylic acids is 2. The van der Waals surface area contributed by atoms with Crippen molar-refractivity contribution >= 4 is 12.0 Å². The summed E-state index contributed by atoms with van der Waals surface area (Å²) in [7, 11) is 1.77. The van der Waals surface area contributed by atoms with Crippen LogP contribution in [0.5, 0.6) is 11.5 Å². The predicted molar refractivity (Wildman–Crippen MR) is 100 cm³/mol. The number of likely N-dealkylation sites (N-methyl/N-ethyl adjacent to an activating group) is 1. The largest absolute Gasteiger partial charge is 0.486 e. The molecule has 0 saturated carbocycles. The molecule has 0 aliphatic carbocycles. The summed E-state index contributed by atoms with van der Waals surface area (Å²) in [6.07, 6.45) is 1.34. The van der Waals surface area contributed by atoms with Crippen LogP contribution in [-0.2, 0) is 4.74 Å². The van der Waals surface area contributed by atoms with Crippen LogP contribution in [0.2, 0.25) is 0 Å². The molecular weight excluding hydrogens is 348 g/mol. The molecule has 0 aromatic heterocycles. The lowest BCUT2D eigenvalue weighted by Crippen LogP contribution is -2.51. The number of likely N-dealkylation sites (tertiary alicyclic amines) is 1. The molecule has 1 aromatic carbocycles. The molecule has 148 valence electrons. The van der Waals surface area contributed by atoms with Crippen molar-refractivity contribution < 1.29 is 23.8 Å². The van der Waals surface area contributed by atoms with Gasteiger partial charge in [0.2, 0.25) is 0 Å². The van der Waals surface area contributed by atoms with Crippen molar-refractivity contribution in [2.24, 2.45) is 0 Å². The Morgan fingerprint density at radius 3 is 2.70 bits per heavy atom. The molecule has 0 bridgehead atoms. The molecule has 1 saturated heterocycles. The van der Waals surface area contributed by atoms with Crippen LogP contribution in [-0.4, -0.2) is 66.8 Å². The maximum Gasteiger partial charge on any atom is 0.410 e. The van der Waals surface area contributed by atoms with Gasteiger partial charge in [0.15, 0.2) is 11.5 Å². The molecular formula is C20H28N2O5. The Hall–Kier alpha value is -2.44. The predicted octanol–water partition coefficient (Wildman–Crippen LogP) is 2.93. The molecule has 1 aromatic rings. The highest BCUT2D eigenvalue weighted by atomic mass is 16.6. The van der Waals surface area contributed by atoms with E-state index < -0.39 is 5.60 Å². The van der Waals surface area contributed by atoms with E-state index >= 15 is 0 Å². The minimum atomic E-state index is -0.536. The number of hydrogen-bond donors (Lipinski definition) is 0. The number of para-hydroxylation sites is 1. The molecule has 1 atom stereocenters. The second-order valence-electron chi connectivity index (χ2n) is 7.97. The van der Waals surface area contributed by atoms with Gasteiger partial charge in [0.05, 0.1) is 5.56 Å². The van der Waals surface area contributed by atoms with E-state index in [0.29, 0.717) is 43.4 Å². The highest BCUT2D eigenvalue weighted by Crippen LogP contribution is 2.34. The van der Waals surface area contributed by atoms with Crippen LogP contribution in [0, 0.1) is 0 Å². The third-order valence-electron chi connectivity index (χ3n) is 4.71. The fourth-order valence-electron chi connectivity index (χ4n) is 3.36. The molecule has 7 nitrogen and oxygen atoms in total. The number of piperidine rings is 1. The molecule has 2 aliphatic rings. The Morgan fingerprint density at radius 1 is 1.22 bits per heavy atom. The van der Waals surface area contributed by atoms with Gasteiger partial charge in [-0.05, 0) is 45.7 Å². The lowest BCUT2D eigenvalue weighted by atomic mass is 10.0. The zero-order valence-corrected chi connectivity index (χ0v) is 16.5. The summed E-state index contributed by atoms with van der Waals surface area (Å²) in [5.74, 6) is 0.966. The first-order chi connectivity index (χ1) is 12.8. The number of nitrogens with zero attached hydrogens (tertiary/aromatic N) is 2. The van der Waals surface area contributed by atoms with Crippen molar-refractivity contribution in [2.45, 2.75) is 45.3 Å². The van der Waals surface area contributed by atoms with Crippen LogP contribution >= 0.6 is 0 Å². The standard InChI is InChI=1S/C20H28N2O5/c1-20(2,3)27-19(24)22-10-6-7-14(13-22)21(4)18(23)15-8-5-9-16-17(15)26-12-11-25-16/h5,8-9,14H,6-7,10-13H2,1-4H3. The lowest BCUT2D eigenvalue weighted by molar-refractivity contribution is 0.0122. The molecule has 0 radical (unpaired) electrons. The van der Waals surface area contributed by atoms with Gasteiger partial charge < -0.3 is 24.0 Å². The summed E-state index contributed by atoms with van der Waals surface area (Å²) < 4.78 is 16.7. The number of rotatable bonds is 2. The zero-order chi connectivity index (χ0) is 19.6. The van der Waals surface area contributed by atoms with Crippen molar-refractivity contribution in [3.8, 4) is 11.5 Å². The molecule has 2 heterocycles. The van der Waals surface area contributed by atoms with E-state index in [1.807, 2.05) is 20.8 Å². The van der Waals surface area contributed by atoms with Crippen molar-refractivity contribution in [2.75, 3.05) is 33.4 Å². The quantitative estimate of drug-likeness (QED) is 0.794. The number of benzene rings is 1. The topological polar surface area (TPSA) is 68.3 Å². The Kier molecular flexibility index (Phi) is 5.48. The summed E-state index contributed by atoms with van der Waals surface area (Å²) in [5, 5.41) is 0. The van der Waals surface area contributed by atoms with Crippen LogP contribution < -0.4 is 9.47 Å². The molecule has 7 heteroatoms. The number of hydrogen-bond acceptors (Lipinski definition) is 5.